The van der Waals surface area contributed by atoms with Crippen molar-refractivity contribution in [3.05, 3.63) is 41.5 Å². The third-order valence-corrected chi connectivity index (χ3v) is 4.64. The molecule has 0 unspecified atom stereocenters. The summed E-state index contributed by atoms with van der Waals surface area (Å²) in [7, 11) is 0. The van der Waals surface area contributed by atoms with Crippen molar-refractivity contribution in [1.29, 1.82) is 0 Å². The second kappa shape index (κ2) is 7.03. The van der Waals surface area contributed by atoms with E-state index >= 15 is 0 Å². The van der Waals surface area contributed by atoms with Gasteiger partial charge in [-0.2, -0.15) is 4.98 Å². The molecule has 1 aromatic heterocycles. The zero-order valence-electron chi connectivity index (χ0n) is 14.2. The van der Waals surface area contributed by atoms with E-state index in [4.69, 9.17) is 10.3 Å². The molecule has 0 spiro atoms. The fraction of sp³-hybridized carbons (Fsp3) is 0.500. The van der Waals surface area contributed by atoms with Crippen LogP contribution in [0.25, 0.3) is 0 Å². The molecule has 1 aliphatic heterocycles. The molecule has 0 bridgehead atoms. The number of benzene rings is 1. The van der Waals surface area contributed by atoms with Gasteiger partial charge >= 0.3 is 0 Å². The van der Waals surface area contributed by atoms with Gasteiger partial charge < -0.3 is 15.2 Å². The molecule has 2 aromatic rings. The van der Waals surface area contributed by atoms with Crippen molar-refractivity contribution >= 4 is 11.6 Å². The molecular formula is C18H24N4O2. The summed E-state index contributed by atoms with van der Waals surface area (Å²) in [6.45, 7) is 4.81. The van der Waals surface area contributed by atoms with Gasteiger partial charge in [-0.05, 0) is 31.4 Å². The van der Waals surface area contributed by atoms with Crippen LogP contribution >= 0.6 is 0 Å². The highest BCUT2D eigenvalue weighted by atomic mass is 16.5. The molecule has 0 saturated carbocycles. The van der Waals surface area contributed by atoms with Crippen molar-refractivity contribution in [2.24, 2.45) is 5.73 Å². The van der Waals surface area contributed by atoms with Gasteiger partial charge in [-0.1, -0.05) is 36.7 Å². The second-order valence-corrected chi connectivity index (χ2v) is 6.43. The largest absolute Gasteiger partial charge is 0.369 e. The lowest BCUT2D eigenvalue weighted by Gasteiger charge is -2.39. The second-order valence-electron chi connectivity index (χ2n) is 6.43. The minimum Gasteiger partial charge on any atom is -0.369 e. The molecule has 6 nitrogen and oxygen atoms in total. The Hall–Kier alpha value is -2.37. The summed E-state index contributed by atoms with van der Waals surface area (Å²) in [5, 5.41) is 4.11. The molecule has 1 amide bonds. The van der Waals surface area contributed by atoms with Gasteiger partial charge in [0.15, 0.2) is 5.82 Å². The molecule has 1 aromatic carbocycles. The van der Waals surface area contributed by atoms with E-state index in [1.165, 1.54) is 0 Å². The molecule has 6 heteroatoms. The SMILES string of the molecule is CCCCc1nc(CN2c3ccccc3[C@H](C(N)=O)C[C@@H]2C)no1. The Morgan fingerprint density at radius 1 is 1.42 bits per heavy atom. The lowest BCUT2D eigenvalue weighted by molar-refractivity contribution is -0.119. The maximum Gasteiger partial charge on any atom is 0.226 e. The van der Waals surface area contributed by atoms with Crippen molar-refractivity contribution in [3.63, 3.8) is 0 Å². The number of fused-ring (bicyclic) bond motifs is 1. The minimum atomic E-state index is -0.268. The summed E-state index contributed by atoms with van der Waals surface area (Å²) in [6, 6.07) is 8.10. The molecular weight excluding hydrogens is 304 g/mol. The molecule has 24 heavy (non-hydrogen) atoms. The van der Waals surface area contributed by atoms with E-state index < -0.39 is 0 Å². The fourth-order valence-electron chi connectivity index (χ4n) is 3.32. The van der Waals surface area contributed by atoms with Crippen LogP contribution in [-0.2, 0) is 17.8 Å². The highest BCUT2D eigenvalue weighted by Gasteiger charge is 2.33. The smallest absolute Gasteiger partial charge is 0.226 e. The zero-order valence-corrected chi connectivity index (χ0v) is 14.2. The van der Waals surface area contributed by atoms with Crippen molar-refractivity contribution in [3.8, 4) is 0 Å². The summed E-state index contributed by atoms with van der Waals surface area (Å²) < 4.78 is 5.33. The highest BCUT2D eigenvalue weighted by molar-refractivity contribution is 5.85. The van der Waals surface area contributed by atoms with Crippen LogP contribution in [0.15, 0.2) is 28.8 Å². The first-order chi connectivity index (χ1) is 11.6. The van der Waals surface area contributed by atoms with Crippen LogP contribution in [0.4, 0.5) is 5.69 Å². The Labute approximate surface area is 142 Å². The van der Waals surface area contributed by atoms with Crippen LogP contribution in [0.5, 0.6) is 0 Å². The highest BCUT2D eigenvalue weighted by Crippen LogP contribution is 2.38. The number of unbranched alkanes of at least 4 members (excludes halogenated alkanes) is 1. The van der Waals surface area contributed by atoms with Gasteiger partial charge in [-0.3, -0.25) is 4.79 Å². The lowest BCUT2D eigenvalue weighted by Crippen LogP contribution is -2.41. The van der Waals surface area contributed by atoms with E-state index in [9.17, 15) is 4.79 Å². The lowest BCUT2D eigenvalue weighted by atomic mass is 9.85. The van der Waals surface area contributed by atoms with E-state index in [1.807, 2.05) is 24.3 Å². The number of aromatic nitrogens is 2. The Morgan fingerprint density at radius 2 is 2.21 bits per heavy atom. The van der Waals surface area contributed by atoms with Crippen molar-refractivity contribution < 1.29 is 9.32 Å². The summed E-state index contributed by atoms with van der Waals surface area (Å²) in [5.41, 5.74) is 7.61. The maximum atomic E-state index is 11.8. The van der Waals surface area contributed by atoms with Crippen LogP contribution in [0.3, 0.4) is 0 Å². The molecule has 3 rings (SSSR count). The third kappa shape index (κ3) is 3.27. The Morgan fingerprint density at radius 3 is 2.96 bits per heavy atom. The number of para-hydroxylation sites is 1. The summed E-state index contributed by atoms with van der Waals surface area (Å²) >= 11 is 0. The fourth-order valence-corrected chi connectivity index (χ4v) is 3.32. The molecule has 128 valence electrons. The van der Waals surface area contributed by atoms with Crippen LogP contribution < -0.4 is 10.6 Å². The van der Waals surface area contributed by atoms with Crippen molar-refractivity contribution in [2.45, 2.75) is 58.0 Å². The number of amides is 1. The van der Waals surface area contributed by atoms with E-state index in [0.29, 0.717) is 24.7 Å². The first-order valence-corrected chi connectivity index (χ1v) is 8.56. The topological polar surface area (TPSA) is 85.3 Å². The minimum absolute atomic E-state index is 0.176. The monoisotopic (exact) mass is 328 g/mol. The van der Waals surface area contributed by atoms with Crippen LogP contribution in [0.1, 0.15) is 56.3 Å². The predicted octanol–water partition coefficient (Wildman–Crippen LogP) is 2.78. The summed E-state index contributed by atoms with van der Waals surface area (Å²) in [6.07, 6.45) is 3.67. The average Bonchev–Trinajstić information content (AvgIpc) is 3.02. The first kappa shape index (κ1) is 16.5. The van der Waals surface area contributed by atoms with Crippen LogP contribution in [0.2, 0.25) is 0 Å². The number of hydrogen-bond donors (Lipinski definition) is 1. The zero-order chi connectivity index (χ0) is 17.1. The first-order valence-electron chi connectivity index (χ1n) is 8.56. The summed E-state index contributed by atoms with van der Waals surface area (Å²) in [5.74, 6) is 0.869. The van der Waals surface area contributed by atoms with Gasteiger partial charge in [0.2, 0.25) is 11.8 Å². The Kier molecular flexibility index (Phi) is 4.83. The van der Waals surface area contributed by atoms with E-state index in [-0.39, 0.29) is 17.9 Å². The van der Waals surface area contributed by atoms with Gasteiger partial charge in [0.05, 0.1) is 12.5 Å². The number of carbonyl (C=O) groups excluding carboxylic acids is 1. The number of nitrogens with two attached hydrogens (primary N) is 1. The van der Waals surface area contributed by atoms with Gasteiger partial charge in [-0.25, -0.2) is 0 Å². The van der Waals surface area contributed by atoms with Gasteiger partial charge in [0.25, 0.3) is 0 Å². The van der Waals surface area contributed by atoms with E-state index in [1.54, 1.807) is 0 Å². The Balaban J connectivity index is 1.83. The third-order valence-electron chi connectivity index (χ3n) is 4.64. The number of nitrogens with zero attached hydrogens (tertiary/aromatic N) is 3. The van der Waals surface area contributed by atoms with Crippen molar-refractivity contribution in [2.75, 3.05) is 4.90 Å². The average molecular weight is 328 g/mol. The number of primary amides is 1. The number of rotatable bonds is 6. The number of aryl methyl sites for hydroxylation is 1. The van der Waals surface area contributed by atoms with Crippen LogP contribution in [0, 0.1) is 0 Å². The van der Waals surface area contributed by atoms with E-state index in [0.717, 1.165) is 30.5 Å². The van der Waals surface area contributed by atoms with Gasteiger partial charge in [-0.15, -0.1) is 0 Å². The number of carbonyl (C=O) groups is 1. The summed E-state index contributed by atoms with van der Waals surface area (Å²) in [4.78, 5) is 18.5. The predicted molar refractivity (Wildman–Crippen MR) is 91.5 cm³/mol. The van der Waals surface area contributed by atoms with Crippen LogP contribution in [-0.4, -0.2) is 22.1 Å². The maximum absolute atomic E-state index is 11.8. The molecule has 2 atom stereocenters. The normalized spacial score (nSPS) is 20.0. The molecule has 0 fully saturated rings. The standard InChI is InChI=1S/C18H24N4O2/c1-3-4-9-17-20-16(21-24-17)11-22-12(2)10-14(18(19)23)13-7-5-6-8-15(13)22/h5-8,12,14H,3-4,9-11H2,1-2H3,(H2,19,23)/t12-,14+/m0/s1. The number of anilines is 1. The quantitative estimate of drug-likeness (QED) is 0.881. The Bertz CT molecular complexity index is 713. The molecule has 2 N–H and O–H groups in total. The number of hydrogen-bond acceptors (Lipinski definition) is 5. The molecule has 0 radical (unpaired) electrons. The van der Waals surface area contributed by atoms with Gasteiger partial charge in [0, 0.05) is 18.2 Å². The van der Waals surface area contributed by atoms with Gasteiger partial charge in [0.1, 0.15) is 0 Å². The molecule has 1 aliphatic rings. The molecule has 0 aliphatic carbocycles. The van der Waals surface area contributed by atoms with Crippen molar-refractivity contribution in [1.82, 2.24) is 10.1 Å². The molecule has 0 saturated heterocycles. The molecule has 2 heterocycles. The van der Waals surface area contributed by atoms with E-state index in [2.05, 4.69) is 28.9 Å².